The predicted molar refractivity (Wildman–Crippen MR) is 85.0 cm³/mol. The van der Waals surface area contributed by atoms with Gasteiger partial charge in [0.15, 0.2) is 0 Å². The van der Waals surface area contributed by atoms with Gasteiger partial charge in [-0.15, -0.1) is 11.3 Å². The van der Waals surface area contributed by atoms with Crippen molar-refractivity contribution in [3.8, 4) is 5.75 Å². The van der Waals surface area contributed by atoms with Crippen molar-refractivity contribution in [2.45, 2.75) is 31.7 Å². The van der Waals surface area contributed by atoms with E-state index in [4.69, 9.17) is 22.1 Å². The molecule has 0 amide bonds. The van der Waals surface area contributed by atoms with E-state index >= 15 is 0 Å². The molecule has 0 radical (unpaired) electrons. The molecular formula is C16H18ClNOS. The molecule has 2 aromatic rings. The second kappa shape index (κ2) is 5.76. The number of ether oxygens (including phenoxy) is 1. The van der Waals surface area contributed by atoms with Crippen LogP contribution in [0.2, 0.25) is 5.02 Å². The van der Waals surface area contributed by atoms with E-state index in [0.29, 0.717) is 10.8 Å². The Kier molecular flexibility index (Phi) is 4.01. The fourth-order valence-corrected chi connectivity index (χ4v) is 4.18. The molecule has 1 heterocycles. The van der Waals surface area contributed by atoms with E-state index in [2.05, 4.69) is 6.07 Å². The van der Waals surface area contributed by atoms with Gasteiger partial charge in [-0.3, -0.25) is 0 Å². The highest BCUT2D eigenvalue weighted by Crippen LogP contribution is 2.36. The summed E-state index contributed by atoms with van der Waals surface area (Å²) in [6, 6.07) is 7.95. The van der Waals surface area contributed by atoms with E-state index in [-0.39, 0.29) is 6.04 Å². The van der Waals surface area contributed by atoms with Crippen molar-refractivity contribution < 1.29 is 4.74 Å². The largest absolute Gasteiger partial charge is 0.495 e. The van der Waals surface area contributed by atoms with Crippen molar-refractivity contribution in [2.75, 3.05) is 7.11 Å². The van der Waals surface area contributed by atoms with E-state index < -0.39 is 0 Å². The molecule has 0 saturated heterocycles. The summed E-state index contributed by atoms with van der Waals surface area (Å²) in [6.45, 7) is 0. The van der Waals surface area contributed by atoms with E-state index in [1.165, 1.54) is 41.0 Å². The normalized spacial score (nSPS) is 15.8. The Labute approximate surface area is 128 Å². The van der Waals surface area contributed by atoms with Crippen LogP contribution in [0.4, 0.5) is 0 Å². The maximum atomic E-state index is 6.41. The molecule has 1 unspecified atom stereocenters. The lowest BCUT2D eigenvalue weighted by Gasteiger charge is -2.12. The first kappa shape index (κ1) is 13.9. The van der Waals surface area contributed by atoms with Crippen LogP contribution in [0.3, 0.4) is 0 Å². The van der Waals surface area contributed by atoms with E-state index in [9.17, 15) is 0 Å². The number of halogens is 1. The van der Waals surface area contributed by atoms with Gasteiger partial charge in [0.05, 0.1) is 18.2 Å². The van der Waals surface area contributed by atoms with Crippen LogP contribution in [0.1, 0.15) is 39.8 Å². The minimum atomic E-state index is -0.100. The van der Waals surface area contributed by atoms with Crippen LogP contribution >= 0.6 is 22.9 Å². The summed E-state index contributed by atoms with van der Waals surface area (Å²) in [6.07, 6.45) is 5.00. The second-order valence-corrected chi connectivity index (χ2v) is 6.75. The standard InChI is InChI=1S/C16H18ClNOS/c1-19-13-8-11(6-7-12(13)17)16(18)15-9-10-4-2-3-5-14(10)20-15/h6-9,16H,2-5,18H2,1H3. The van der Waals surface area contributed by atoms with Crippen LogP contribution in [-0.4, -0.2) is 7.11 Å². The molecule has 0 spiro atoms. The summed E-state index contributed by atoms with van der Waals surface area (Å²) in [5.41, 5.74) is 8.95. The van der Waals surface area contributed by atoms with Gasteiger partial charge in [0, 0.05) is 9.75 Å². The first-order chi connectivity index (χ1) is 9.69. The second-order valence-electron chi connectivity index (χ2n) is 5.18. The summed E-state index contributed by atoms with van der Waals surface area (Å²) in [5, 5.41) is 0.619. The van der Waals surface area contributed by atoms with Gasteiger partial charge in [-0.05, 0) is 55.0 Å². The molecule has 1 aliphatic rings. The molecule has 1 aliphatic carbocycles. The monoisotopic (exact) mass is 307 g/mol. The van der Waals surface area contributed by atoms with Gasteiger partial charge in [0.1, 0.15) is 5.75 Å². The lowest BCUT2D eigenvalue weighted by Crippen LogP contribution is -2.10. The quantitative estimate of drug-likeness (QED) is 0.915. The van der Waals surface area contributed by atoms with Crippen molar-refractivity contribution >= 4 is 22.9 Å². The number of aryl methyl sites for hydroxylation is 2. The van der Waals surface area contributed by atoms with E-state index in [1.807, 2.05) is 29.5 Å². The molecule has 0 bridgehead atoms. The molecule has 0 fully saturated rings. The number of hydrogen-bond donors (Lipinski definition) is 1. The predicted octanol–water partition coefficient (Wildman–Crippen LogP) is 4.34. The van der Waals surface area contributed by atoms with Gasteiger partial charge in [0.25, 0.3) is 0 Å². The number of methoxy groups -OCH3 is 1. The third-order valence-electron chi connectivity index (χ3n) is 3.86. The van der Waals surface area contributed by atoms with Crippen LogP contribution in [0.25, 0.3) is 0 Å². The molecule has 106 valence electrons. The van der Waals surface area contributed by atoms with E-state index in [0.717, 1.165) is 5.56 Å². The van der Waals surface area contributed by atoms with Gasteiger partial charge >= 0.3 is 0 Å². The smallest absolute Gasteiger partial charge is 0.137 e. The maximum absolute atomic E-state index is 6.41. The molecule has 20 heavy (non-hydrogen) atoms. The Bertz CT molecular complexity index is 599. The SMILES string of the molecule is COc1cc(C(N)c2cc3c(s2)CCCC3)ccc1Cl. The van der Waals surface area contributed by atoms with Crippen molar-refractivity contribution in [1.29, 1.82) is 0 Å². The molecule has 3 rings (SSSR count). The van der Waals surface area contributed by atoms with Crippen LogP contribution in [-0.2, 0) is 12.8 Å². The zero-order valence-corrected chi connectivity index (χ0v) is 13.1. The third-order valence-corrected chi connectivity index (χ3v) is 5.49. The van der Waals surface area contributed by atoms with Gasteiger partial charge < -0.3 is 10.5 Å². The van der Waals surface area contributed by atoms with Gasteiger partial charge in [-0.25, -0.2) is 0 Å². The molecular weight excluding hydrogens is 290 g/mol. The molecule has 2 nitrogen and oxygen atoms in total. The summed E-state index contributed by atoms with van der Waals surface area (Å²) in [5.74, 6) is 0.681. The number of hydrogen-bond acceptors (Lipinski definition) is 3. The van der Waals surface area contributed by atoms with Crippen LogP contribution in [0.15, 0.2) is 24.3 Å². The van der Waals surface area contributed by atoms with Crippen molar-refractivity contribution in [1.82, 2.24) is 0 Å². The van der Waals surface area contributed by atoms with Gasteiger partial charge in [0.2, 0.25) is 0 Å². The van der Waals surface area contributed by atoms with Crippen LogP contribution in [0, 0.1) is 0 Å². The average molecular weight is 308 g/mol. The highest BCUT2D eigenvalue weighted by molar-refractivity contribution is 7.12. The highest BCUT2D eigenvalue weighted by atomic mass is 35.5. The van der Waals surface area contributed by atoms with Crippen LogP contribution < -0.4 is 10.5 Å². The molecule has 0 saturated carbocycles. The average Bonchev–Trinajstić information content (AvgIpc) is 2.91. The van der Waals surface area contributed by atoms with Gasteiger partial charge in [-0.1, -0.05) is 17.7 Å². The summed E-state index contributed by atoms with van der Waals surface area (Å²) in [7, 11) is 1.63. The van der Waals surface area contributed by atoms with Gasteiger partial charge in [-0.2, -0.15) is 0 Å². The Morgan fingerprint density at radius 3 is 2.80 bits per heavy atom. The molecule has 2 N–H and O–H groups in total. The lowest BCUT2D eigenvalue weighted by atomic mass is 9.98. The highest BCUT2D eigenvalue weighted by Gasteiger charge is 2.18. The van der Waals surface area contributed by atoms with Crippen molar-refractivity contribution in [3.05, 3.63) is 50.2 Å². The molecule has 1 atom stereocenters. The number of thiophene rings is 1. The zero-order valence-electron chi connectivity index (χ0n) is 11.5. The molecule has 4 heteroatoms. The van der Waals surface area contributed by atoms with Crippen molar-refractivity contribution in [2.24, 2.45) is 5.73 Å². The Balaban J connectivity index is 1.91. The fraction of sp³-hybridized carbons (Fsp3) is 0.375. The Hall–Kier alpha value is -1.03. The Morgan fingerprint density at radius 2 is 2.05 bits per heavy atom. The number of benzene rings is 1. The first-order valence-electron chi connectivity index (χ1n) is 6.89. The lowest BCUT2D eigenvalue weighted by molar-refractivity contribution is 0.414. The fourth-order valence-electron chi connectivity index (χ4n) is 2.70. The number of nitrogens with two attached hydrogens (primary N) is 1. The van der Waals surface area contributed by atoms with E-state index in [1.54, 1.807) is 7.11 Å². The minimum Gasteiger partial charge on any atom is -0.495 e. The minimum absolute atomic E-state index is 0.100. The third kappa shape index (κ3) is 2.58. The molecule has 1 aromatic heterocycles. The number of rotatable bonds is 3. The summed E-state index contributed by atoms with van der Waals surface area (Å²) < 4.78 is 5.27. The topological polar surface area (TPSA) is 35.2 Å². The van der Waals surface area contributed by atoms with Crippen LogP contribution in [0.5, 0.6) is 5.75 Å². The summed E-state index contributed by atoms with van der Waals surface area (Å²) >= 11 is 7.92. The molecule has 0 aliphatic heterocycles. The first-order valence-corrected chi connectivity index (χ1v) is 8.09. The maximum Gasteiger partial charge on any atom is 0.137 e. The zero-order chi connectivity index (χ0) is 14.1. The van der Waals surface area contributed by atoms with Crippen molar-refractivity contribution in [3.63, 3.8) is 0 Å². The molecule has 1 aromatic carbocycles. The number of fused-ring (bicyclic) bond motifs is 1. The Morgan fingerprint density at radius 1 is 1.25 bits per heavy atom. The summed E-state index contributed by atoms with van der Waals surface area (Å²) in [4.78, 5) is 2.75.